The number of benzene rings is 1. The molecule has 4 heteroatoms. The van der Waals surface area contributed by atoms with Gasteiger partial charge in [0.15, 0.2) is 0 Å². The highest BCUT2D eigenvalue weighted by molar-refractivity contribution is 9.10. The second kappa shape index (κ2) is 5.44. The summed E-state index contributed by atoms with van der Waals surface area (Å²) in [5.74, 6) is -0.220. The predicted molar refractivity (Wildman–Crippen MR) is 59.5 cm³/mol. The highest BCUT2D eigenvalue weighted by Crippen LogP contribution is 2.19. The Hall–Kier alpha value is -0.450. The second-order valence-corrected chi connectivity index (χ2v) is 4.12. The summed E-state index contributed by atoms with van der Waals surface area (Å²) in [4.78, 5) is 2.10. The molecule has 0 saturated carbocycles. The van der Waals surface area contributed by atoms with Crippen molar-refractivity contribution in [3.05, 3.63) is 34.1 Å². The maximum atomic E-state index is 12.8. The molecule has 78 valence electrons. The standard InChI is InChI=1S/C10H14BrFN2/c1-14(5-4-13)7-8-2-3-9(12)6-10(8)11/h2-3,6H,4-5,7,13H2,1H3. The van der Waals surface area contributed by atoms with Gasteiger partial charge in [-0.2, -0.15) is 0 Å². The average molecular weight is 261 g/mol. The SMILES string of the molecule is CN(CCN)Cc1ccc(F)cc1Br. The maximum Gasteiger partial charge on any atom is 0.124 e. The van der Waals surface area contributed by atoms with E-state index in [1.807, 2.05) is 7.05 Å². The van der Waals surface area contributed by atoms with E-state index in [0.717, 1.165) is 23.1 Å². The lowest BCUT2D eigenvalue weighted by Crippen LogP contribution is -2.25. The molecule has 0 atom stereocenters. The van der Waals surface area contributed by atoms with Gasteiger partial charge in [0.2, 0.25) is 0 Å². The molecule has 0 aliphatic heterocycles. The zero-order chi connectivity index (χ0) is 10.6. The summed E-state index contributed by atoms with van der Waals surface area (Å²) in [5.41, 5.74) is 6.50. The van der Waals surface area contributed by atoms with Crippen LogP contribution in [0.3, 0.4) is 0 Å². The van der Waals surface area contributed by atoms with Crippen LogP contribution in [0.25, 0.3) is 0 Å². The third-order valence-corrected chi connectivity index (χ3v) is 2.70. The molecule has 0 radical (unpaired) electrons. The van der Waals surface area contributed by atoms with Crippen molar-refractivity contribution < 1.29 is 4.39 Å². The van der Waals surface area contributed by atoms with Crippen LogP contribution in [-0.4, -0.2) is 25.0 Å². The van der Waals surface area contributed by atoms with Crippen molar-refractivity contribution in [2.75, 3.05) is 20.1 Å². The van der Waals surface area contributed by atoms with Crippen LogP contribution in [0.1, 0.15) is 5.56 Å². The Morgan fingerprint density at radius 1 is 1.50 bits per heavy atom. The molecule has 0 bridgehead atoms. The van der Waals surface area contributed by atoms with E-state index >= 15 is 0 Å². The number of nitrogens with zero attached hydrogens (tertiary/aromatic N) is 1. The van der Waals surface area contributed by atoms with Gasteiger partial charge in [0, 0.05) is 24.1 Å². The molecule has 2 nitrogen and oxygen atoms in total. The Morgan fingerprint density at radius 3 is 2.79 bits per heavy atom. The van der Waals surface area contributed by atoms with Gasteiger partial charge in [-0.1, -0.05) is 22.0 Å². The molecule has 1 aromatic carbocycles. The molecule has 0 heterocycles. The molecule has 0 spiro atoms. The predicted octanol–water partition coefficient (Wildman–Crippen LogP) is 1.98. The van der Waals surface area contributed by atoms with Crippen LogP contribution in [0.5, 0.6) is 0 Å². The van der Waals surface area contributed by atoms with Crippen molar-refractivity contribution in [3.63, 3.8) is 0 Å². The number of nitrogens with two attached hydrogens (primary N) is 1. The molecule has 1 rings (SSSR count). The molecule has 0 fully saturated rings. The highest BCUT2D eigenvalue weighted by Gasteiger charge is 2.04. The van der Waals surface area contributed by atoms with E-state index in [-0.39, 0.29) is 5.82 Å². The quantitative estimate of drug-likeness (QED) is 0.898. The van der Waals surface area contributed by atoms with E-state index in [4.69, 9.17) is 5.73 Å². The summed E-state index contributed by atoms with van der Waals surface area (Å²) in [6.45, 7) is 2.25. The van der Waals surface area contributed by atoms with E-state index in [1.165, 1.54) is 12.1 Å². The van der Waals surface area contributed by atoms with Gasteiger partial charge in [0.1, 0.15) is 5.82 Å². The molecular weight excluding hydrogens is 247 g/mol. The first-order chi connectivity index (χ1) is 6.63. The second-order valence-electron chi connectivity index (χ2n) is 3.26. The average Bonchev–Trinajstić information content (AvgIpc) is 2.10. The van der Waals surface area contributed by atoms with E-state index in [2.05, 4.69) is 20.8 Å². The zero-order valence-electron chi connectivity index (χ0n) is 8.13. The van der Waals surface area contributed by atoms with Crippen LogP contribution in [-0.2, 0) is 6.54 Å². The van der Waals surface area contributed by atoms with E-state index in [9.17, 15) is 4.39 Å². The van der Waals surface area contributed by atoms with Gasteiger partial charge in [0.05, 0.1) is 0 Å². The van der Waals surface area contributed by atoms with Crippen LogP contribution in [0, 0.1) is 5.82 Å². The van der Waals surface area contributed by atoms with Gasteiger partial charge >= 0.3 is 0 Å². The van der Waals surface area contributed by atoms with Crippen molar-refractivity contribution in [2.45, 2.75) is 6.54 Å². The Labute approximate surface area is 92.0 Å². The van der Waals surface area contributed by atoms with Crippen molar-refractivity contribution in [1.82, 2.24) is 4.90 Å². The lowest BCUT2D eigenvalue weighted by Gasteiger charge is -2.16. The minimum atomic E-state index is -0.220. The maximum absolute atomic E-state index is 12.8. The lowest BCUT2D eigenvalue weighted by molar-refractivity contribution is 0.335. The fourth-order valence-electron chi connectivity index (χ4n) is 1.24. The summed E-state index contributed by atoms with van der Waals surface area (Å²) in [5, 5.41) is 0. The number of rotatable bonds is 4. The van der Waals surface area contributed by atoms with Crippen LogP contribution >= 0.6 is 15.9 Å². The summed E-state index contributed by atoms with van der Waals surface area (Å²) >= 11 is 3.33. The molecule has 0 saturated heterocycles. The van der Waals surface area contributed by atoms with Crippen molar-refractivity contribution in [3.8, 4) is 0 Å². The molecule has 14 heavy (non-hydrogen) atoms. The van der Waals surface area contributed by atoms with E-state index < -0.39 is 0 Å². The first-order valence-corrected chi connectivity index (χ1v) is 5.25. The molecule has 0 amide bonds. The fraction of sp³-hybridized carbons (Fsp3) is 0.400. The van der Waals surface area contributed by atoms with Crippen LogP contribution < -0.4 is 5.73 Å². The molecule has 2 N–H and O–H groups in total. The summed E-state index contributed by atoms with van der Waals surface area (Å²) in [6.07, 6.45) is 0. The lowest BCUT2D eigenvalue weighted by atomic mass is 10.2. The van der Waals surface area contributed by atoms with E-state index in [0.29, 0.717) is 6.54 Å². The van der Waals surface area contributed by atoms with Gasteiger partial charge in [-0.15, -0.1) is 0 Å². The minimum Gasteiger partial charge on any atom is -0.329 e. The Kier molecular flexibility index (Phi) is 4.51. The smallest absolute Gasteiger partial charge is 0.124 e. The third-order valence-electron chi connectivity index (χ3n) is 1.97. The molecule has 0 aromatic heterocycles. The van der Waals surface area contributed by atoms with Crippen molar-refractivity contribution in [1.29, 1.82) is 0 Å². The molecule has 1 aromatic rings. The molecule has 0 unspecified atom stereocenters. The summed E-state index contributed by atoms with van der Waals surface area (Å²) < 4.78 is 13.6. The molecule has 0 aliphatic carbocycles. The Balaban J connectivity index is 2.67. The zero-order valence-corrected chi connectivity index (χ0v) is 9.72. The molecule has 0 aliphatic rings. The normalized spacial score (nSPS) is 10.9. The number of halogens is 2. The van der Waals surface area contributed by atoms with Gasteiger partial charge in [-0.05, 0) is 24.7 Å². The Bertz CT molecular complexity index is 304. The monoisotopic (exact) mass is 260 g/mol. The number of hydrogen-bond donors (Lipinski definition) is 1. The fourth-order valence-corrected chi connectivity index (χ4v) is 1.72. The molecular formula is C10H14BrFN2. The highest BCUT2D eigenvalue weighted by atomic mass is 79.9. The van der Waals surface area contributed by atoms with Gasteiger partial charge in [-0.3, -0.25) is 0 Å². The van der Waals surface area contributed by atoms with Gasteiger partial charge in [0.25, 0.3) is 0 Å². The van der Waals surface area contributed by atoms with E-state index in [1.54, 1.807) is 6.07 Å². The minimum absolute atomic E-state index is 0.220. The van der Waals surface area contributed by atoms with Gasteiger partial charge < -0.3 is 10.6 Å². The number of hydrogen-bond acceptors (Lipinski definition) is 2. The number of likely N-dealkylation sites (N-methyl/N-ethyl adjacent to an activating group) is 1. The first kappa shape index (κ1) is 11.6. The van der Waals surface area contributed by atoms with Gasteiger partial charge in [-0.25, -0.2) is 4.39 Å². The van der Waals surface area contributed by atoms with Crippen LogP contribution in [0.2, 0.25) is 0 Å². The first-order valence-electron chi connectivity index (χ1n) is 4.46. The largest absolute Gasteiger partial charge is 0.329 e. The van der Waals surface area contributed by atoms with Crippen LogP contribution in [0.4, 0.5) is 4.39 Å². The summed E-state index contributed by atoms with van der Waals surface area (Å²) in [6, 6.07) is 4.73. The third kappa shape index (κ3) is 3.36. The van der Waals surface area contributed by atoms with Crippen molar-refractivity contribution in [2.24, 2.45) is 5.73 Å². The topological polar surface area (TPSA) is 29.3 Å². The summed E-state index contributed by atoms with van der Waals surface area (Å²) in [7, 11) is 1.99. The van der Waals surface area contributed by atoms with Crippen molar-refractivity contribution >= 4 is 15.9 Å². The Morgan fingerprint density at radius 2 is 2.21 bits per heavy atom. The van der Waals surface area contributed by atoms with Crippen LogP contribution in [0.15, 0.2) is 22.7 Å².